The molecule has 0 bridgehead atoms. The molecule has 3 nitrogen and oxygen atoms in total. The summed E-state index contributed by atoms with van der Waals surface area (Å²) in [6.45, 7) is 2.05. The van der Waals surface area contributed by atoms with Crippen LogP contribution in [-0.2, 0) is 9.59 Å². The fourth-order valence-electron chi connectivity index (χ4n) is 1.69. The van der Waals surface area contributed by atoms with E-state index < -0.39 is 0 Å². The number of rotatable bonds is 4. The first-order chi connectivity index (χ1) is 6.20. The lowest BCUT2D eigenvalue weighted by molar-refractivity contribution is -0.124. The summed E-state index contributed by atoms with van der Waals surface area (Å²) in [6.07, 6.45) is 4.84. The van der Waals surface area contributed by atoms with Crippen LogP contribution >= 0.6 is 0 Å². The van der Waals surface area contributed by atoms with E-state index in [0.717, 1.165) is 12.8 Å². The van der Waals surface area contributed by atoms with E-state index in [-0.39, 0.29) is 17.6 Å². The van der Waals surface area contributed by atoms with Gasteiger partial charge in [0.2, 0.25) is 5.91 Å². The van der Waals surface area contributed by atoms with Crippen LogP contribution in [0.15, 0.2) is 0 Å². The lowest BCUT2D eigenvalue weighted by Crippen LogP contribution is -2.30. The van der Waals surface area contributed by atoms with Crippen LogP contribution < -0.4 is 5.32 Å². The molecule has 3 heteroatoms. The van der Waals surface area contributed by atoms with Crippen molar-refractivity contribution in [2.45, 2.75) is 39.0 Å². The second kappa shape index (κ2) is 5.00. The molecule has 0 atom stereocenters. The van der Waals surface area contributed by atoms with Gasteiger partial charge in [-0.05, 0) is 19.8 Å². The van der Waals surface area contributed by atoms with Crippen molar-refractivity contribution in [1.82, 2.24) is 5.32 Å². The molecule has 0 aromatic rings. The van der Waals surface area contributed by atoms with Gasteiger partial charge in [0.05, 0.1) is 0 Å². The lowest BCUT2D eigenvalue weighted by Gasteiger charge is -2.08. The molecule has 0 aromatic heterocycles. The van der Waals surface area contributed by atoms with E-state index in [1.165, 1.54) is 12.8 Å². The summed E-state index contributed by atoms with van der Waals surface area (Å²) in [6, 6.07) is 0. The van der Waals surface area contributed by atoms with Gasteiger partial charge in [-0.2, -0.15) is 0 Å². The molecule has 0 radical (unpaired) electrons. The van der Waals surface area contributed by atoms with Gasteiger partial charge in [-0.3, -0.25) is 9.59 Å². The summed E-state index contributed by atoms with van der Waals surface area (Å²) in [5, 5.41) is 2.80. The maximum atomic E-state index is 11.4. The van der Waals surface area contributed by atoms with Gasteiger partial charge in [-0.25, -0.2) is 0 Å². The van der Waals surface area contributed by atoms with Gasteiger partial charge in [-0.15, -0.1) is 0 Å². The van der Waals surface area contributed by atoms with Crippen LogP contribution in [0.2, 0.25) is 0 Å². The first kappa shape index (κ1) is 10.2. The normalized spacial score (nSPS) is 17.3. The van der Waals surface area contributed by atoms with E-state index in [1.54, 1.807) is 6.92 Å². The third-order valence-electron chi connectivity index (χ3n) is 2.50. The number of carbonyl (C=O) groups excluding carboxylic acids is 2. The third kappa shape index (κ3) is 3.57. The largest absolute Gasteiger partial charge is 0.355 e. The Kier molecular flexibility index (Phi) is 3.93. The first-order valence-electron chi connectivity index (χ1n) is 4.97. The Balaban J connectivity index is 2.13. The Hall–Kier alpha value is -0.860. The molecule has 1 aliphatic rings. The van der Waals surface area contributed by atoms with Gasteiger partial charge in [-0.1, -0.05) is 12.8 Å². The molecule has 0 saturated heterocycles. The highest BCUT2D eigenvalue weighted by molar-refractivity contribution is 5.80. The predicted molar refractivity (Wildman–Crippen MR) is 50.3 cm³/mol. The van der Waals surface area contributed by atoms with Crippen molar-refractivity contribution < 1.29 is 9.59 Å². The van der Waals surface area contributed by atoms with Crippen LogP contribution in [0.25, 0.3) is 0 Å². The van der Waals surface area contributed by atoms with Gasteiger partial charge in [0.1, 0.15) is 5.78 Å². The topological polar surface area (TPSA) is 46.2 Å². The first-order valence-corrected chi connectivity index (χ1v) is 4.97. The van der Waals surface area contributed by atoms with Crippen molar-refractivity contribution in [3.63, 3.8) is 0 Å². The van der Waals surface area contributed by atoms with Crippen molar-refractivity contribution in [2.24, 2.45) is 5.92 Å². The highest BCUT2D eigenvalue weighted by atomic mass is 16.2. The molecule has 1 amide bonds. The van der Waals surface area contributed by atoms with Gasteiger partial charge >= 0.3 is 0 Å². The summed E-state index contributed by atoms with van der Waals surface area (Å²) in [4.78, 5) is 22.0. The number of Topliss-reactive ketones (excluding diaryl/α,β-unsaturated/α-hetero) is 1. The van der Waals surface area contributed by atoms with Crippen molar-refractivity contribution in [3.8, 4) is 0 Å². The number of ketones is 1. The minimum atomic E-state index is 0.131. The number of hydrogen-bond donors (Lipinski definition) is 1. The Labute approximate surface area is 78.9 Å². The Morgan fingerprint density at radius 3 is 2.46 bits per heavy atom. The highest BCUT2D eigenvalue weighted by Crippen LogP contribution is 2.24. The number of amides is 1. The van der Waals surface area contributed by atoms with Crippen LogP contribution in [0.4, 0.5) is 0 Å². The highest BCUT2D eigenvalue weighted by Gasteiger charge is 2.21. The van der Waals surface area contributed by atoms with E-state index in [1.807, 2.05) is 0 Å². The summed E-state index contributed by atoms with van der Waals surface area (Å²) in [5.41, 5.74) is 0. The van der Waals surface area contributed by atoms with Crippen LogP contribution in [0.5, 0.6) is 0 Å². The van der Waals surface area contributed by atoms with Gasteiger partial charge in [0, 0.05) is 18.9 Å². The van der Waals surface area contributed by atoms with Crippen molar-refractivity contribution in [2.75, 3.05) is 6.54 Å². The Morgan fingerprint density at radius 2 is 1.92 bits per heavy atom. The predicted octanol–water partition coefficient (Wildman–Crippen LogP) is 1.27. The molecular weight excluding hydrogens is 166 g/mol. The summed E-state index contributed by atoms with van der Waals surface area (Å²) in [5.74, 6) is 0.484. The fraction of sp³-hybridized carbons (Fsp3) is 0.800. The van der Waals surface area contributed by atoms with Crippen LogP contribution in [0, 0.1) is 5.92 Å². The average molecular weight is 183 g/mol. The van der Waals surface area contributed by atoms with E-state index >= 15 is 0 Å². The quantitative estimate of drug-likeness (QED) is 0.713. The Bertz CT molecular complexity index is 195. The van der Waals surface area contributed by atoms with Crippen molar-refractivity contribution >= 4 is 11.7 Å². The zero-order chi connectivity index (χ0) is 9.68. The number of hydrogen-bond acceptors (Lipinski definition) is 2. The summed E-state index contributed by atoms with van der Waals surface area (Å²) < 4.78 is 0. The number of nitrogens with one attached hydrogen (secondary N) is 1. The molecule has 1 N–H and O–H groups in total. The standard InChI is InChI=1S/C10H17NO2/c1-8(12)6-7-11-10(13)9-4-2-3-5-9/h9H,2-7H2,1H3,(H,11,13). The molecule has 0 aliphatic heterocycles. The maximum absolute atomic E-state index is 11.4. The van der Waals surface area contributed by atoms with Gasteiger partial charge < -0.3 is 5.32 Å². The molecule has 1 rings (SSSR count). The van der Waals surface area contributed by atoms with Crippen LogP contribution in [-0.4, -0.2) is 18.2 Å². The zero-order valence-corrected chi connectivity index (χ0v) is 8.14. The van der Waals surface area contributed by atoms with Gasteiger partial charge in [0.25, 0.3) is 0 Å². The minimum absolute atomic E-state index is 0.131. The number of carbonyl (C=O) groups is 2. The SMILES string of the molecule is CC(=O)CCNC(=O)C1CCCC1. The van der Waals surface area contributed by atoms with Crippen LogP contribution in [0.1, 0.15) is 39.0 Å². The molecule has 0 aromatic carbocycles. The summed E-state index contributed by atoms with van der Waals surface area (Å²) >= 11 is 0. The molecule has 0 unspecified atom stereocenters. The molecule has 1 fully saturated rings. The van der Waals surface area contributed by atoms with E-state index in [4.69, 9.17) is 0 Å². The smallest absolute Gasteiger partial charge is 0.223 e. The van der Waals surface area contributed by atoms with E-state index in [0.29, 0.717) is 13.0 Å². The molecule has 13 heavy (non-hydrogen) atoms. The molecule has 1 saturated carbocycles. The third-order valence-corrected chi connectivity index (χ3v) is 2.50. The fourth-order valence-corrected chi connectivity index (χ4v) is 1.69. The van der Waals surface area contributed by atoms with Crippen molar-refractivity contribution in [1.29, 1.82) is 0 Å². The van der Waals surface area contributed by atoms with Crippen molar-refractivity contribution in [3.05, 3.63) is 0 Å². The van der Waals surface area contributed by atoms with Gasteiger partial charge in [0.15, 0.2) is 0 Å². The lowest BCUT2D eigenvalue weighted by atomic mass is 10.1. The molecular formula is C10H17NO2. The molecule has 0 heterocycles. The van der Waals surface area contributed by atoms with E-state index in [2.05, 4.69) is 5.32 Å². The second-order valence-corrected chi connectivity index (χ2v) is 3.72. The molecule has 1 aliphatic carbocycles. The molecule has 74 valence electrons. The summed E-state index contributed by atoms with van der Waals surface area (Å²) in [7, 11) is 0. The Morgan fingerprint density at radius 1 is 1.31 bits per heavy atom. The second-order valence-electron chi connectivity index (χ2n) is 3.72. The average Bonchev–Trinajstić information content (AvgIpc) is 2.55. The monoisotopic (exact) mass is 183 g/mol. The molecule has 0 spiro atoms. The maximum Gasteiger partial charge on any atom is 0.223 e. The zero-order valence-electron chi connectivity index (χ0n) is 8.14. The van der Waals surface area contributed by atoms with Crippen LogP contribution in [0.3, 0.4) is 0 Å². The van der Waals surface area contributed by atoms with E-state index in [9.17, 15) is 9.59 Å². The minimum Gasteiger partial charge on any atom is -0.355 e.